The van der Waals surface area contributed by atoms with E-state index in [-0.39, 0.29) is 29.7 Å². The molecule has 0 spiro atoms. The molecular formula is C21H41N3O4S. The van der Waals surface area contributed by atoms with Gasteiger partial charge in [0.05, 0.1) is 6.04 Å². The van der Waals surface area contributed by atoms with Crippen molar-refractivity contribution in [1.82, 2.24) is 16.0 Å². The Morgan fingerprint density at radius 2 is 1.24 bits per heavy atom. The smallest absolute Gasteiger partial charge is 0.243 e. The molecule has 0 bridgehead atoms. The SMILES string of the molecule is CN[C@@H](CC(C)C)C(=O)N[C@@H](CC(C)C)C(=O)N[C@H](/C=C/S(C)(=O)=O)CC(C)C. The van der Waals surface area contributed by atoms with Crippen molar-refractivity contribution in [3.8, 4) is 0 Å². The van der Waals surface area contributed by atoms with E-state index in [4.69, 9.17) is 0 Å². The maximum Gasteiger partial charge on any atom is 0.243 e. The third-order valence-corrected chi connectivity index (χ3v) is 4.97. The second-order valence-corrected chi connectivity index (χ2v) is 11.0. The maximum absolute atomic E-state index is 12.9. The first-order valence-electron chi connectivity index (χ1n) is 10.4. The van der Waals surface area contributed by atoms with Crippen LogP contribution in [0.25, 0.3) is 0 Å². The summed E-state index contributed by atoms with van der Waals surface area (Å²) in [4.78, 5) is 25.6. The van der Waals surface area contributed by atoms with E-state index in [0.29, 0.717) is 25.2 Å². The second-order valence-electron chi connectivity index (χ2n) is 9.06. The summed E-state index contributed by atoms with van der Waals surface area (Å²) in [6.45, 7) is 12.1. The monoisotopic (exact) mass is 431 g/mol. The van der Waals surface area contributed by atoms with Crippen molar-refractivity contribution in [3.63, 3.8) is 0 Å². The molecule has 0 aliphatic rings. The number of hydrogen-bond donors (Lipinski definition) is 3. The first-order chi connectivity index (χ1) is 13.2. The lowest BCUT2D eigenvalue weighted by molar-refractivity contribution is -0.130. The highest BCUT2D eigenvalue weighted by atomic mass is 32.2. The zero-order valence-corrected chi connectivity index (χ0v) is 20.1. The Kier molecular flexibility index (Phi) is 12.4. The molecular weight excluding hydrogens is 390 g/mol. The van der Waals surface area contributed by atoms with Gasteiger partial charge in [-0.3, -0.25) is 9.59 Å². The quantitative estimate of drug-likeness (QED) is 0.415. The molecule has 0 aromatic carbocycles. The van der Waals surface area contributed by atoms with E-state index in [0.717, 1.165) is 11.7 Å². The molecule has 8 heteroatoms. The molecule has 0 unspecified atom stereocenters. The molecule has 0 aliphatic carbocycles. The van der Waals surface area contributed by atoms with Gasteiger partial charge in [0.2, 0.25) is 11.8 Å². The Labute approximate surface area is 177 Å². The molecule has 0 fully saturated rings. The minimum atomic E-state index is -3.29. The Bertz CT molecular complexity index is 642. The van der Waals surface area contributed by atoms with E-state index >= 15 is 0 Å². The Morgan fingerprint density at radius 1 is 0.793 bits per heavy atom. The third-order valence-electron chi connectivity index (χ3n) is 4.32. The highest BCUT2D eigenvalue weighted by molar-refractivity contribution is 7.93. The fraction of sp³-hybridized carbons (Fsp3) is 0.810. The topological polar surface area (TPSA) is 104 Å². The fourth-order valence-electron chi connectivity index (χ4n) is 3.02. The van der Waals surface area contributed by atoms with Crippen LogP contribution in [-0.2, 0) is 19.4 Å². The van der Waals surface area contributed by atoms with Crippen LogP contribution in [0.3, 0.4) is 0 Å². The zero-order valence-electron chi connectivity index (χ0n) is 19.3. The minimum Gasteiger partial charge on any atom is -0.348 e. The van der Waals surface area contributed by atoms with Gasteiger partial charge in [-0.1, -0.05) is 47.6 Å². The van der Waals surface area contributed by atoms with Gasteiger partial charge in [-0.25, -0.2) is 8.42 Å². The predicted molar refractivity (Wildman–Crippen MR) is 119 cm³/mol. The van der Waals surface area contributed by atoms with Crippen LogP contribution in [-0.4, -0.2) is 51.7 Å². The van der Waals surface area contributed by atoms with E-state index < -0.39 is 21.9 Å². The molecule has 0 rings (SSSR count). The summed E-state index contributed by atoms with van der Waals surface area (Å²) in [5, 5.41) is 9.92. The summed E-state index contributed by atoms with van der Waals surface area (Å²) in [5.74, 6) is 0.318. The van der Waals surface area contributed by atoms with Crippen LogP contribution >= 0.6 is 0 Å². The van der Waals surface area contributed by atoms with E-state index in [1.165, 1.54) is 6.08 Å². The van der Waals surface area contributed by atoms with Crippen LogP contribution in [0, 0.1) is 17.8 Å². The van der Waals surface area contributed by atoms with Crippen LogP contribution in [0.15, 0.2) is 11.5 Å². The van der Waals surface area contributed by atoms with Gasteiger partial charge in [0.1, 0.15) is 6.04 Å². The molecule has 3 atom stereocenters. The fourth-order valence-corrected chi connectivity index (χ4v) is 3.49. The first-order valence-corrected chi connectivity index (χ1v) is 12.4. The zero-order chi connectivity index (χ0) is 22.8. The number of sulfone groups is 1. The Hall–Kier alpha value is -1.41. The van der Waals surface area contributed by atoms with E-state index in [9.17, 15) is 18.0 Å². The number of likely N-dealkylation sites (N-methyl/N-ethyl adjacent to an activating group) is 1. The first kappa shape index (κ1) is 27.6. The number of carbonyl (C=O) groups excluding carboxylic acids is 2. The summed E-state index contributed by atoms with van der Waals surface area (Å²) in [6, 6.07) is -1.46. The van der Waals surface area contributed by atoms with Gasteiger partial charge in [0.25, 0.3) is 0 Å². The van der Waals surface area contributed by atoms with Gasteiger partial charge in [-0.05, 0) is 44.1 Å². The van der Waals surface area contributed by atoms with E-state index in [2.05, 4.69) is 16.0 Å². The average molecular weight is 432 g/mol. The molecule has 0 aliphatic heterocycles. The highest BCUT2D eigenvalue weighted by Gasteiger charge is 2.27. The van der Waals surface area contributed by atoms with Gasteiger partial charge >= 0.3 is 0 Å². The summed E-state index contributed by atoms with van der Waals surface area (Å²) in [6.07, 6.45) is 4.40. The molecule has 0 aromatic rings. The number of hydrogen-bond acceptors (Lipinski definition) is 5. The number of carbonyl (C=O) groups is 2. The predicted octanol–water partition coefficient (Wildman–Crippen LogP) is 2.24. The Morgan fingerprint density at radius 3 is 1.66 bits per heavy atom. The van der Waals surface area contributed by atoms with Crippen LogP contribution in [0.1, 0.15) is 60.8 Å². The molecule has 0 radical (unpaired) electrons. The summed E-state index contributed by atoms with van der Waals surface area (Å²) in [7, 11) is -1.55. The van der Waals surface area contributed by atoms with Crippen molar-refractivity contribution in [2.45, 2.75) is 78.9 Å². The second kappa shape index (κ2) is 13.0. The van der Waals surface area contributed by atoms with Crippen LogP contribution in [0.5, 0.6) is 0 Å². The standard InChI is InChI=1S/C21H41N3O4S/c1-14(2)11-17(9-10-29(8,27)28)23-21(26)19(13-16(5)6)24-20(25)18(22-7)12-15(3)4/h9-10,14-19,22H,11-13H2,1-8H3,(H,23,26)(H,24,25)/b10-9+/t17-,18+,19+/m1/s1. The summed E-state index contributed by atoms with van der Waals surface area (Å²) < 4.78 is 22.9. The van der Waals surface area contributed by atoms with Crippen molar-refractivity contribution < 1.29 is 18.0 Å². The van der Waals surface area contributed by atoms with Crippen molar-refractivity contribution in [3.05, 3.63) is 11.5 Å². The molecule has 3 N–H and O–H groups in total. The van der Waals surface area contributed by atoms with E-state index in [1.54, 1.807) is 7.05 Å². The van der Waals surface area contributed by atoms with Gasteiger partial charge in [-0.2, -0.15) is 0 Å². The molecule has 0 heterocycles. The molecule has 29 heavy (non-hydrogen) atoms. The Balaban J connectivity index is 5.37. The average Bonchev–Trinajstić information content (AvgIpc) is 2.54. The lowest BCUT2D eigenvalue weighted by atomic mass is 9.99. The van der Waals surface area contributed by atoms with Crippen molar-refractivity contribution in [1.29, 1.82) is 0 Å². The van der Waals surface area contributed by atoms with Crippen molar-refractivity contribution in [2.75, 3.05) is 13.3 Å². The van der Waals surface area contributed by atoms with Gasteiger partial charge < -0.3 is 16.0 Å². The van der Waals surface area contributed by atoms with Crippen LogP contribution in [0.2, 0.25) is 0 Å². The third kappa shape index (κ3) is 13.4. The van der Waals surface area contributed by atoms with Crippen molar-refractivity contribution >= 4 is 21.7 Å². The molecule has 0 aromatic heterocycles. The highest BCUT2D eigenvalue weighted by Crippen LogP contribution is 2.11. The van der Waals surface area contributed by atoms with Gasteiger partial charge in [0, 0.05) is 17.7 Å². The summed E-state index contributed by atoms with van der Waals surface area (Å²) in [5.41, 5.74) is 0. The normalized spacial score (nSPS) is 15.7. The van der Waals surface area contributed by atoms with E-state index in [1.807, 2.05) is 41.5 Å². The number of amides is 2. The number of nitrogens with one attached hydrogen (secondary N) is 3. The van der Waals surface area contributed by atoms with Crippen LogP contribution in [0.4, 0.5) is 0 Å². The molecule has 0 saturated carbocycles. The number of rotatable bonds is 13. The molecule has 0 saturated heterocycles. The molecule has 170 valence electrons. The lowest BCUT2D eigenvalue weighted by Gasteiger charge is -2.26. The largest absolute Gasteiger partial charge is 0.348 e. The summed E-state index contributed by atoms with van der Waals surface area (Å²) >= 11 is 0. The lowest BCUT2D eigenvalue weighted by Crippen LogP contribution is -2.54. The van der Waals surface area contributed by atoms with Crippen molar-refractivity contribution in [2.24, 2.45) is 17.8 Å². The van der Waals surface area contributed by atoms with Crippen LogP contribution < -0.4 is 16.0 Å². The maximum atomic E-state index is 12.9. The van der Waals surface area contributed by atoms with Gasteiger partial charge in [0.15, 0.2) is 9.84 Å². The van der Waals surface area contributed by atoms with Gasteiger partial charge in [-0.15, -0.1) is 0 Å². The molecule has 7 nitrogen and oxygen atoms in total. The molecule has 2 amide bonds. The minimum absolute atomic E-state index is 0.200.